The molecule has 1 saturated heterocycles. The van der Waals surface area contributed by atoms with E-state index in [4.69, 9.17) is 4.74 Å². The summed E-state index contributed by atoms with van der Waals surface area (Å²) in [6.07, 6.45) is 9.22. The molecule has 0 unspecified atom stereocenters. The number of anilines is 1. The number of hydrogen-bond acceptors (Lipinski definition) is 6. The quantitative estimate of drug-likeness (QED) is 0.696. The van der Waals surface area contributed by atoms with Crippen LogP contribution in [-0.2, 0) is 4.79 Å². The molecule has 1 saturated carbocycles. The molecule has 2 aliphatic rings. The number of nitriles is 1. The predicted molar refractivity (Wildman–Crippen MR) is 101 cm³/mol. The third kappa shape index (κ3) is 2.36. The molecule has 1 atom stereocenters. The first kappa shape index (κ1) is 16.7. The van der Waals surface area contributed by atoms with E-state index in [1.54, 1.807) is 35.1 Å². The number of amides is 1. The van der Waals surface area contributed by atoms with E-state index >= 15 is 0 Å². The summed E-state index contributed by atoms with van der Waals surface area (Å²) < 4.78 is 6.88. The second-order valence-electron chi connectivity index (χ2n) is 7.29. The first-order valence-electron chi connectivity index (χ1n) is 9.23. The standard InChI is InChI=1S/C20H18N6O2/c1-28-18-10-22-9-15(24-18)13-8-17-16(4-6-23-26(17)11-13)25-7-5-20(12-21,19(25)27)14-2-3-14/h4,6,8-11,14H,2-3,5,7H2,1H3/t20-/m1/s1. The van der Waals surface area contributed by atoms with Gasteiger partial charge < -0.3 is 9.64 Å². The molecular weight excluding hydrogens is 356 g/mol. The van der Waals surface area contributed by atoms with Crippen LogP contribution in [0.5, 0.6) is 5.88 Å². The van der Waals surface area contributed by atoms with E-state index in [2.05, 4.69) is 21.1 Å². The van der Waals surface area contributed by atoms with Gasteiger partial charge in [-0.25, -0.2) is 9.50 Å². The fourth-order valence-corrected chi connectivity index (χ4v) is 4.07. The van der Waals surface area contributed by atoms with Gasteiger partial charge in [0.1, 0.15) is 5.41 Å². The average Bonchev–Trinajstić information content (AvgIpc) is 3.40. The fourth-order valence-electron chi connectivity index (χ4n) is 4.07. The molecule has 2 fully saturated rings. The summed E-state index contributed by atoms with van der Waals surface area (Å²) in [5.74, 6) is 0.538. The molecule has 0 aromatic carbocycles. The predicted octanol–water partition coefficient (Wildman–Crippen LogP) is 2.46. The van der Waals surface area contributed by atoms with Crippen molar-refractivity contribution >= 4 is 17.1 Å². The van der Waals surface area contributed by atoms with Gasteiger partial charge >= 0.3 is 0 Å². The Morgan fingerprint density at radius 3 is 2.96 bits per heavy atom. The highest BCUT2D eigenvalue weighted by Crippen LogP contribution is 2.52. The summed E-state index contributed by atoms with van der Waals surface area (Å²) in [4.78, 5) is 23.5. The molecule has 8 nitrogen and oxygen atoms in total. The molecule has 8 heteroatoms. The molecular formula is C20H18N6O2. The number of ether oxygens (including phenoxy) is 1. The minimum atomic E-state index is -0.867. The second kappa shape index (κ2) is 6.02. The zero-order chi connectivity index (χ0) is 19.3. The highest BCUT2D eigenvalue weighted by atomic mass is 16.5. The van der Waals surface area contributed by atoms with Gasteiger partial charge in [-0.1, -0.05) is 0 Å². The van der Waals surface area contributed by atoms with Crippen molar-refractivity contribution in [2.24, 2.45) is 11.3 Å². The largest absolute Gasteiger partial charge is 0.480 e. The third-order valence-corrected chi connectivity index (χ3v) is 5.72. The lowest BCUT2D eigenvalue weighted by Gasteiger charge is -2.21. The molecule has 4 heterocycles. The van der Waals surface area contributed by atoms with Gasteiger partial charge in [0.15, 0.2) is 0 Å². The van der Waals surface area contributed by atoms with E-state index in [0.29, 0.717) is 24.5 Å². The first-order valence-corrected chi connectivity index (χ1v) is 9.23. The van der Waals surface area contributed by atoms with Crippen LogP contribution >= 0.6 is 0 Å². The molecule has 140 valence electrons. The minimum absolute atomic E-state index is 0.0884. The number of hydrogen-bond donors (Lipinski definition) is 0. The van der Waals surface area contributed by atoms with Crippen molar-refractivity contribution < 1.29 is 9.53 Å². The van der Waals surface area contributed by atoms with E-state index in [1.807, 2.05) is 18.3 Å². The van der Waals surface area contributed by atoms with Crippen LogP contribution in [0, 0.1) is 22.7 Å². The number of rotatable bonds is 4. The maximum atomic E-state index is 13.2. The lowest BCUT2D eigenvalue weighted by atomic mass is 9.83. The lowest BCUT2D eigenvalue weighted by Crippen LogP contribution is -2.35. The van der Waals surface area contributed by atoms with E-state index in [1.165, 1.54) is 0 Å². The Morgan fingerprint density at radius 1 is 1.36 bits per heavy atom. The molecule has 3 aromatic rings. The van der Waals surface area contributed by atoms with Crippen LogP contribution in [0.2, 0.25) is 0 Å². The van der Waals surface area contributed by atoms with Crippen molar-refractivity contribution in [3.63, 3.8) is 0 Å². The van der Waals surface area contributed by atoms with Gasteiger partial charge in [0.05, 0.1) is 42.5 Å². The van der Waals surface area contributed by atoms with Gasteiger partial charge in [0, 0.05) is 24.5 Å². The Balaban J connectivity index is 1.57. The van der Waals surface area contributed by atoms with E-state index in [-0.39, 0.29) is 11.8 Å². The Kier molecular flexibility index (Phi) is 3.59. The van der Waals surface area contributed by atoms with Crippen LogP contribution in [0.1, 0.15) is 19.3 Å². The Bertz CT molecular complexity index is 1130. The zero-order valence-corrected chi connectivity index (χ0v) is 15.4. The van der Waals surface area contributed by atoms with Gasteiger partial charge in [0.2, 0.25) is 11.8 Å². The van der Waals surface area contributed by atoms with E-state index in [0.717, 1.165) is 29.6 Å². The van der Waals surface area contributed by atoms with Crippen LogP contribution in [0.4, 0.5) is 5.69 Å². The van der Waals surface area contributed by atoms with Gasteiger partial charge in [-0.05, 0) is 37.3 Å². The van der Waals surface area contributed by atoms with Crippen molar-refractivity contribution in [2.75, 3.05) is 18.6 Å². The van der Waals surface area contributed by atoms with Crippen LogP contribution < -0.4 is 9.64 Å². The zero-order valence-electron chi connectivity index (χ0n) is 15.4. The minimum Gasteiger partial charge on any atom is -0.480 e. The summed E-state index contributed by atoms with van der Waals surface area (Å²) in [6.45, 7) is 0.544. The van der Waals surface area contributed by atoms with Crippen molar-refractivity contribution in [3.8, 4) is 23.2 Å². The normalized spacial score (nSPS) is 21.9. The van der Waals surface area contributed by atoms with Crippen LogP contribution in [0.25, 0.3) is 16.8 Å². The van der Waals surface area contributed by atoms with Crippen LogP contribution in [0.3, 0.4) is 0 Å². The van der Waals surface area contributed by atoms with Crippen LogP contribution in [-0.4, -0.2) is 39.1 Å². The summed E-state index contributed by atoms with van der Waals surface area (Å²) in [5.41, 5.74) is 2.17. The van der Waals surface area contributed by atoms with E-state index in [9.17, 15) is 10.1 Å². The molecule has 0 spiro atoms. The number of carbonyl (C=O) groups is 1. The number of nitrogens with zero attached hydrogens (tertiary/aromatic N) is 6. The summed E-state index contributed by atoms with van der Waals surface area (Å²) >= 11 is 0. The number of carbonyl (C=O) groups excluding carboxylic acids is 1. The Labute approximate surface area is 161 Å². The summed E-state index contributed by atoms with van der Waals surface area (Å²) in [6, 6.07) is 6.10. The molecule has 3 aromatic heterocycles. The number of fused-ring (bicyclic) bond motifs is 1. The lowest BCUT2D eigenvalue weighted by molar-refractivity contribution is -0.123. The molecule has 5 rings (SSSR count). The second-order valence-corrected chi connectivity index (χ2v) is 7.29. The average molecular weight is 374 g/mol. The topological polar surface area (TPSA) is 96.4 Å². The Hall–Kier alpha value is -3.47. The summed E-state index contributed by atoms with van der Waals surface area (Å²) in [7, 11) is 1.55. The van der Waals surface area contributed by atoms with Gasteiger partial charge in [-0.2, -0.15) is 10.4 Å². The van der Waals surface area contributed by atoms with Gasteiger partial charge in [-0.3, -0.25) is 9.78 Å². The Morgan fingerprint density at radius 2 is 2.21 bits per heavy atom. The first-order chi connectivity index (χ1) is 13.7. The highest BCUT2D eigenvalue weighted by Gasteiger charge is 2.56. The smallest absolute Gasteiger partial charge is 0.247 e. The maximum absolute atomic E-state index is 13.2. The molecule has 1 aliphatic carbocycles. The molecule has 1 amide bonds. The number of aromatic nitrogens is 4. The van der Waals surface area contributed by atoms with Crippen molar-refractivity contribution in [2.45, 2.75) is 19.3 Å². The molecule has 0 N–H and O–H groups in total. The molecule has 1 aliphatic heterocycles. The van der Waals surface area contributed by atoms with Crippen molar-refractivity contribution in [1.29, 1.82) is 5.26 Å². The van der Waals surface area contributed by atoms with Crippen molar-refractivity contribution in [1.82, 2.24) is 19.6 Å². The SMILES string of the molecule is COc1cncc(-c2cc3c(N4CC[C@@](C#N)(C5CC5)C4=O)ccnn3c2)n1. The maximum Gasteiger partial charge on any atom is 0.247 e. The highest BCUT2D eigenvalue weighted by molar-refractivity contribution is 6.05. The van der Waals surface area contributed by atoms with Gasteiger partial charge in [-0.15, -0.1) is 0 Å². The van der Waals surface area contributed by atoms with Crippen LogP contribution in [0.15, 0.2) is 36.9 Å². The number of methoxy groups -OCH3 is 1. The summed E-state index contributed by atoms with van der Waals surface area (Å²) in [5, 5.41) is 14.1. The molecule has 0 bridgehead atoms. The van der Waals surface area contributed by atoms with Crippen molar-refractivity contribution in [3.05, 3.63) is 36.9 Å². The fraction of sp³-hybridized carbons (Fsp3) is 0.350. The van der Waals surface area contributed by atoms with E-state index < -0.39 is 5.41 Å². The molecule has 0 radical (unpaired) electrons. The molecule has 28 heavy (non-hydrogen) atoms. The van der Waals surface area contributed by atoms with Gasteiger partial charge in [0.25, 0.3) is 0 Å². The monoisotopic (exact) mass is 374 g/mol. The third-order valence-electron chi connectivity index (χ3n) is 5.72.